The molecule has 2 N–H and O–H groups in total. The molecule has 0 saturated heterocycles. The normalized spacial score (nSPS) is 10.3. The lowest BCUT2D eigenvalue weighted by Crippen LogP contribution is -1.95. The highest BCUT2D eigenvalue weighted by atomic mass is 14.8. The molecule has 2 aromatic rings. The molecule has 1 aromatic heterocycles. The molecule has 0 amide bonds. The molecule has 3 nitrogen and oxygen atoms in total. The van der Waals surface area contributed by atoms with Crippen LogP contribution in [0.1, 0.15) is 5.69 Å². The van der Waals surface area contributed by atoms with Gasteiger partial charge in [0.15, 0.2) is 0 Å². The lowest BCUT2D eigenvalue weighted by atomic mass is 10.1. The van der Waals surface area contributed by atoms with Crippen molar-refractivity contribution in [3.8, 4) is 0 Å². The summed E-state index contributed by atoms with van der Waals surface area (Å²) in [7, 11) is 3.85. The smallest absolute Gasteiger partial charge is 0.0727 e. The summed E-state index contributed by atoms with van der Waals surface area (Å²) in [5.74, 6) is 0. The molecule has 0 bridgehead atoms. The average Bonchev–Trinajstić information content (AvgIpc) is 2.27. The molecule has 0 fully saturated rings. The number of benzene rings is 1. The monoisotopic (exact) mass is 201 g/mol. The number of aryl methyl sites for hydroxylation is 1. The predicted octanol–water partition coefficient (Wildman–Crippen LogP) is 2.63. The minimum Gasteiger partial charge on any atom is -0.388 e. The Kier molecular flexibility index (Phi) is 2.46. The summed E-state index contributed by atoms with van der Waals surface area (Å²) in [6.07, 6.45) is 0. The molecule has 0 atom stereocenters. The van der Waals surface area contributed by atoms with Crippen LogP contribution in [0.5, 0.6) is 0 Å². The first-order valence-electron chi connectivity index (χ1n) is 5.01. The molecule has 0 unspecified atom stereocenters. The molecule has 1 aromatic carbocycles. The van der Waals surface area contributed by atoms with E-state index >= 15 is 0 Å². The molecule has 2 rings (SSSR count). The van der Waals surface area contributed by atoms with Gasteiger partial charge in [-0.2, -0.15) is 0 Å². The fraction of sp³-hybridized carbons (Fsp3) is 0.250. The Morgan fingerprint density at radius 1 is 1.07 bits per heavy atom. The number of nitrogens with zero attached hydrogens (tertiary/aromatic N) is 1. The van der Waals surface area contributed by atoms with Crippen LogP contribution in [0.15, 0.2) is 24.3 Å². The maximum Gasteiger partial charge on any atom is 0.0727 e. The first kappa shape index (κ1) is 9.77. The Morgan fingerprint density at radius 2 is 1.87 bits per heavy atom. The number of hydrogen-bond donors (Lipinski definition) is 2. The van der Waals surface area contributed by atoms with E-state index in [1.54, 1.807) is 0 Å². The maximum atomic E-state index is 4.49. The highest BCUT2D eigenvalue weighted by Crippen LogP contribution is 2.25. The van der Waals surface area contributed by atoms with Gasteiger partial charge in [0.05, 0.1) is 5.52 Å². The third-order valence-corrected chi connectivity index (χ3v) is 2.49. The summed E-state index contributed by atoms with van der Waals surface area (Å²) in [5, 5.41) is 7.47. The quantitative estimate of drug-likeness (QED) is 0.784. The Balaban J connectivity index is 2.73. The second-order valence-electron chi connectivity index (χ2n) is 3.54. The van der Waals surface area contributed by atoms with Crippen molar-refractivity contribution in [3.63, 3.8) is 0 Å². The number of rotatable bonds is 2. The van der Waals surface area contributed by atoms with Crippen molar-refractivity contribution in [1.82, 2.24) is 4.98 Å². The van der Waals surface area contributed by atoms with Crippen LogP contribution in [0.4, 0.5) is 11.4 Å². The zero-order chi connectivity index (χ0) is 10.8. The van der Waals surface area contributed by atoms with Crippen molar-refractivity contribution in [2.45, 2.75) is 6.92 Å². The van der Waals surface area contributed by atoms with Crippen LogP contribution in [0.2, 0.25) is 0 Å². The van der Waals surface area contributed by atoms with E-state index in [-0.39, 0.29) is 0 Å². The largest absolute Gasteiger partial charge is 0.388 e. The Hall–Kier alpha value is -1.77. The van der Waals surface area contributed by atoms with E-state index in [2.05, 4.69) is 27.8 Å². The fourth-order valence-corrected chi connectivity index (χ4v) is 1.72. The van der Waals surface area contributed by atoms with Crippen LogP contribution < -0.4 is 10.6 Å². The van der Waals surface area contributed by atoms with Gasteiger partial charge in [-0.3, -0.25) is 4.98 Å². The molecule has 0 saturated carbocycles. The SMILES string of the molecule is CNc1ccc2nc(C)cc(NC)c2c1. The van der Waals surface area contributed by atoms with Gasteiger partial charge in [-0.15, -0.1) is 0 Å². The minimum absolute atomic E-state index is 1.03. The molecule has 0 spiro atoms. The Bertz CT molecular complexity index is 491. The van der Waals surface area contributed by atoms with E-state index in [1.807, 2.05) is 33.2 Å². The summed E-state index contributed by atoms with van der Waals surface area (Å²) >= 11 is 0. The van der Waals surface area contributed by atoms with Crippen molar-refractivity contribution in [2.24, 2.45) is 0 Å². The van der Waals surface area contributed by atoms with Crippen LogP contribution in [-0.4, -0.2) is 19.1 Å². The van der Waals surface area contributed by atoms with Gasteiger partial charge in [0.25, 0.3) is 0 Å². The molecule has 15 heavy (non-hydrogen) atoms. The second-order valence-corrected chi connectivity index (χ2v) is 3.54. The molecule has 0 radical (unpaired) electrons. The van der Waals surface area contributed by atoms with Crippen molar-refractivity contribution < 1.29 is 0 Å². The molecule has 0 aliphatic rings. The Morgan fingerprint density at radius 3 is 2.53 bits per heavy atom. The van der Waals surface area contributed by atoms with Gasteiger partial charge >= 0.3 is 0 Å². The van der Waals surface area contributed by atoms with Crippen LogP contribution in [0.25, 0.3) is 10.9 Å². The molecular weight excluding hydrogens is 186 g/mol. The third-order valence-electron chi connectivity index (χ3n) is 2.49. The summed E-state index contributed by atoms with van der Waals surface area (Å²) in [6.45, 7) is 2.01. The first-order valence-corrected chi connectivity index (χ1v) is 5.01. The lowest BCUT2D eigenvalue weighted by molar-refractivity contribution is 1.25. The molecule has 0 aliphatic heterocycles. The zero-order valence-electron chi connectivity index (χ0n) is 9.26. The van der Waals surface area contributed by atoms with Crippen molar-refractivity contribution >= 4 is 22.3 Å². The number of aromatic nitrogens is 1. The van der Waals surface area contributed by atoms with Gasteiger partial charge < -0.3 is 10.6 Å². The van der Waals surface area contributed by atoms with Gasteiger partial charge in [-0.25, -0.2) is 0 Å². The van der Waals surface area contributed by atoms with E-state index in [4.69, 9.17) is 0 Å². The number of anilines is 2. The minimum atomic E-state index is 1.03. The molecule has 0 aliphatic carbocycles. The number of fused-ring (bicyclic) bond motifs is 1. The van der Waals surface area contributed by atoms with Crippen LogP contribution in [-0.2, 0) is 0 Å². The van der Waals surface area contributed by atoms with Crippen molar-refractivity contribution in [3.05, 3.63) is 30.0 Å². The fourth-order valence-electron chi connectivity index (χ4n) is 1.72. The highest BCUT2D eigenvalue weighted by molar-refractivity contribution is 5.93. The molecule has 78 valence electrons. The van der Waals surface area contributed by atoms with E-state index in [0.717, 1.165) is 28.0 Å². The van der Waals surface area contributed by atoms with E-state index in [0.29, 0.717) is 0 Å². The molecule has 1 heterocycles. The summed E-state index contributed by atoms with van der Waals surface area (Å²) in [5.41, 5.74) is 4.28. The second kappa shape index (κ2) is 3.77. The predicted molar refractivity (Wildman–Crippen MR) is 65.6 cm³/mol. The lowest BCUT2D eigenvalue weighted by Gasteiger charge is -2.08. The Labute approximate surface area is 89.5 Å². The number of hydrogen-bond acceptors (Lipinski definition) is 3. The summed E-state index contributed by atoms with van der Waals surface area (Å²) < 4.78 is 0. The zero-order valence-corrected chi connectivity index (χ0v) is 9.26. The van der Waals surface area contributed by atoms with Crippen molar-refractivity contribution in [1.29, 1.82) is 0 Å². The standard InChI is InChI=1S/C12H15N3/c1-8-6-12(14-3)10-7-9(13-2)4-5-11(10)15-8/h4-7,13H,1-3H3,(H,14,15). The molecule has 3 heteroatoms. The number of nitrogens with one attached hydrogen (secondary N) is 2. The number of pyridine rings is 1. The van der Waals surface area contributed by atoms with E-state index in [9.17, 15) is 0 Å². The average molecular weight is 201 g/mol. The summed E-state index contributed by atoms with van der Waals surface area (Å²) in [6, 6.07) is 8.23. The van der Waals surface area contributed by atoms with E-state index < -0.39 is 0 Å². The van der Waals surface area contributed by atoms with Gasteiger partial charge in [0.2, 0.25) is 0 Å². The van der Waals surface area contributed by atoms with Crippen LogP contribution >= 0.6 is 0 Å². The van der Waals surface area contributed by atoms with Crippen LogP contribution in [0.3, 0.4) is 0 Å². The van der Waals surface area contributed by atoms with Crippen LogP contribution in [0, 0.1) is 6.92 Å². The van der Waals surface area contributed by atoms with Crippen molar-refractivity contribution in [2.75, 3.05) is 24.7 Å². The molecular formula is C12H15N3. The summed E-state index contributed by atoms with van der Waals surface area (Å²) in [4.78, 5) is 4.49. The third kappa shape index (κ3) is 1.73. The van der Waals surface area contributed by atoms with Gasteiger partial charge in [-0.1, -0.05) is 0 Å². The first-order chi connectivity index (χ1) is 7.24. The van der Waals surface area contributed by atoms with E-state index in [1.165, 1.54) is 0 Å². The van der Waals surface area contributed by atoms with Gasteiger partial charge in [-0.05, 0) is 31.2 Å². The van der Waals surface area contributed by atoms with Gasteiger partial charge in [0.1, 0.15) is 0 Å². The maximum absolute atomic E-state index is 4.49. The van der Waals surface area contributed by atoms with Gasteiger partial charge in [0, 0.05) is 36.6 Å². The topological polar surface area (TPSA) is 37.0 Å². The highest BCUT2D eigenvalue weighted by Gasteiger charge is 2.03.